The molecule has 2 heterocycles. The molecule has 1 saturated heterocycles. The molecule has 1 N–H and O–H groups in total. The molecule has 0 spiro atoms. The lowest BCUT2D eigenvalue weighted by atomic mass is 10.2. The number of morpholine rings is 1. The van der Waals surface area contributed by atoms with Crippen LogP contribution >= 0.6 is 11.6 Å². The molecular formula is C16H17ClN2O5S. The number of furan rings is 1. The van der Waals surface area contributed by atoms with Crippen LogP contribution in [0, 0.1) is 0 Å². The van der Waals surface area contributed by atoms with Crippen molar-refractivity contribution in [3.05, 3.63) is 52.9 Å². The van der Waals surface area contributed by atoms with Gasteiger partial charge in [-0.3, -0.25) is 4.79 Å². The average molecular weight is 385 g/mol. The van der Waals surface area contributed by atoms with Crippen molar-refractivity contribution in [2.75, 3.05) is 26.3 Å². The van der Waals surface area contributed by atoms with Gasteiger partial charge < -0.3 is 14.5 Å². The van der Waals surface area contributed by atoms with E-state index in [4.69, 9.17) is 20.8 Å². The van der Waals surface area contributed by atoms with E-state index < -0.39 is 15.9 Å². The summed E-state index contributed by atoms with van der Waals surface area (Å²) < 4.78 is 37.3. The molecule has 0 saturated carbocycles. The Balaban J connectivity index is 1.77. The molecule has 1 fully saturated rings. The van der Waals surface area contributed by atoms with Gasteiger partial charge in [-0.05, 0) is 35.4 Å². The molecule has 0 radical (unpaired) electrons. The number of hydrogen-bond donors (Lipinski definition) is 1. The zero-order valence-electron chi connectivity index (χ0n) is 13.3. The number of sulfonamides is 1. The number of rotatable bonds is 5. The van der Waals surface area contributed by atoms with Crippen LogP contribution in [-0.4, -0.2) is 44.9 Å². The summed E-state index contributed by atoms with van der Waals surface area (Å²) in [4.78, 5) is 12.2. The van der Waals surface area contributed by atoms with Gasteiger partial charge in [-0.25, -0.2) is 8.42 Å². The molecule has 9 heteroatoms. The van der Waals surface area contributed by atoms with Gasteiger partial charge in [0.15, 0.2) is 11.0 Å². The summed E-state index contributed by atoms with van der Waals surface area (Å²) in [5.41, 5.74) is 0.500. The van der Waals surface area contributed by atoms with E-state index in [1.165, 1.54) is 22.5 Å². The van der Waals surface area contributed by atoms with Gasteiger partial charge in [-0.2, -0.15) is 4.31 Å². The third kappa shape index (κ3) is 4.04. The summed E-state index contributed by atoms with van der Waals surface area (Å²) in [5, 5.41) is 2.76. The van der Waals surface area contributed by atoms with E-state index >= 15 is 0 Å². The van der Waals surface area contributed by atoms with Crippen molar-refractivity contribution >= 4 is 27.5 Å². The number of hydrogen-bond acceptors (Lipinski definition) is 5. The Bertz CT molecular complexity index is 859. The first-order valence-corrected chi connectivity index (χ1v) is 9.49. The Kier molecular flexibility index (Phi) is 5.43. The topological polar surface area (TPSA) is 88.9 Å². The van der Waals surface area contributed by atoms with E-state index in [1.807, 2.05) is 0 Å². The lowest BCUT2D eigenvalue weighted by Gasteiger charge is -2.27. The molecule has 25 heavy (non-hydrogen) atoms. The fraction of sp³-hybridized carbons (Fsp3) is 0.312. The van der Waals surface area contributed by atoms with Gasteiger partial charge in [0, 0.05) is 19.6 Å². The second-order valence-corrected chi connectivity index (χ2v) is 7.69. The van der Waals surface area contributed by atoms with E-state index in [0.717, 1.165) is 0 Å². The summed E-state index contributed by atoms with van der Waals surface area (Å²) in [6, 6.07) is 9.51. The van der Waals surface area contributed by atoms with Crippen LogP contribution in [0.15, 0.2) is 45.7 Å². The molecule has 1 aliphatic rings. The molecule has 0 aliphatic carbocycles. The molecule has 134 valence electrons. The highest BCUT2D eigenvalue weighted by Crippen LogP contribution is 2.21. The largest absolute Gasteiger partial charge is 0.440 e. The number of halogens is 1. The molecular weight excluding hydrogens is 368 g/mol. The third-order valence-electron chi connectivity index (χ3n) is 3.80. The zero-order chi connectivity index (χ0) is 17.9. The predicted molar refractivity (Wildman–Crippen MR) is 90.9 cm³/mol. The van der Waals surface area contributed by atoms with Crippen molar-refractivity contribution in [1.29, 1.82) is 0 Å². The summed E-state index contributed by atoms with van der Waals surface area (Å²) in [5.74, 6) is -0.399. The van der Waals surface area contributed by atoms with Crippen LogP contribution < -0.4 is 5.32 Å². The molecule has 7 nitrogen and oxygen atoms in total. The quantitative estimate of drug-likeness (QED) is 0.850. The van der Waals surface area contributed by atoms with Crippen molar-refractivity contribution in [3.8, 4) is 0 Å². The van der Waals surface area contributed by atoms with Gasteiger partial charge in [0.2, 0.25) is 10.0 Å². The van der Waals surface area contributed by atoms with Crippen molar-refractivity contribution < 1.29 is 22.4 Å². The fourth-order valence-corrected chi connectivity index (χ4v) is 4.30. The van der Waals surface area contributed by atoms with Crippen LogP contribution in [-0.2, 0) is 21.3 Å². The molecule has 0 bridgehead atoms. The minimum absolute atomic E-state index is 0.0525. The summed E-state index contributed by atoms with van der Waals surface area (Å²) >= 11 is 5.65. The van der Waals surface area contributed by atoms with Crippen molar-refractivity contribution in [3.63, 3.8) is 0 Å². The lowest BCUT2D eigenvalue weighted by molar-refractivity contribution is 0.0730. The highest BCUT2D eigenvalue weighted by molar-refractivity contribution is 7.89. The van der Waals surface area contributed by atoms with Crippen LogP contribution in [0.5, 0.6) is 0 Å². The zero-order valence-corrected chi connectivity index (χ0v) is 14.8. The fourth-order valence-electron chi connectivity index (χ4n) is 2.53. The molecule has 0 atom stereocenters. The highest BCUT2D eigenvalue weighted by atomic mass is 35.5. The minimum Gasteiger partial charge on any atom is -0.440 e. The first-order valence-electron chi connectivity index (χ1n) is 7.68. The number of nitrogens with zero attached hydrogens (tertiary/aromatic N) is 1. The molecule has 2 aromatic rings. The van der Waals surface area contributed by atoms with Gasteiger partial charge >= 0.3 is 0 Å². The Hall–Kier alpha value is -1.87. The lowest BCUT2D eigenvalue weighted by Crippen LogP contribution is -2.41. The minimum atomic E-state index is -3.64. The Morgan fingerprint density at radius 3 is 2.56 bits per heavy atom. The van der Waals surface area contributed by atoms with Gasteiger partial charge in [0.25, 0.3) is 5.91 Å². The maximum Gasteiger partial charge on any atom is 0.287 e. The maximum atomic E-state index is 12.8. The van der Waals surface area contributed by atoms with Crippen LogP contribution in [0.25, 0.3) is 0 Å². The summed E-state index contributed by atoms with van der Waals surface area (Å²) in [6.45, 7) is 1.42. The maximum absolute atomic E-state index is 12.8. The monoisotopic (exact) mass is 384 g/mol. The Morgan fingerprint density at radius 1 is 1.16 bits per heavy atom. The Labute approximate surface area is 150 Å². The normalized spacial score (nSPS) is 15.9. The number of carbonyl (C=O) groups excluding carboxylic acids is 1. The molecule has 1 aromatic heterocycles. The van der Waals surface area contributed by atoms with E-state index in [0.29, 0.717) is 31.9 Å². The first-order chi connectivity index (χ1) is 12.0. The Morgan fingerprint density at radius 2 is 1.88 bits per heavy atom. The molecule has 1 aromatic carbocycles. The van der Waals surface area contributed by atoms with E-state index in [-0.39, 0.29) is 22.4 Å². The number of benzene rings is 1. The van der Waals surface area contributed by atoms with Gasteiger partial charge in [-0.1, -0.05) is 18.2 Å². The van der Waals surface area contributed by atoms with E-state index in [1.54, 1.807) is 18.2 Å². The number of carbonyl (C=O) groups is 1. The molecule has 0 unspecified atom stereocenters. The molecule has 3 rings (SSSR count). The standard InChI is InChI=1S/C16H17ClN2O5S/c17-15-6-5-13(24-15)16(20)18-11-12-3-1-2-4-14(12)25(21,22)19-7-9-23-10-8-19/h1-6H,7-11H2,(H,18,20). The summed E-state index contributed by atoms with van der Waals surface area (Å²) in [7, 11) is -3.64. The van der Waals surface area contributed by atoms with Gasteiger partial charge in [-0.15, -0.1) is 0 Å². The van der Waals surface area contributed by atoms with E-state index in [9.17, 15) is 13.2 Å². The van der Waals surface area contributed by atoms with Crippen LogP contribution in [0.2, 0.25) is 5.22 Å². The van der Waals surface area contributed by atoms with Crippen molar-refractivity contribution in [1.82, 2.24) is 9.62 Å². The highest BCUT2D eigenvalue weighted by Gasteiger charge is 2.28. The van der Waals surface area contributed by atoms with Crippen LogP contribution in [0.3, 0.4) is 0 Å². The molecule has 1 aliphatic heterocycles. The van der Waals surface area contributed by atoms with Crippen LogP contribution in [0.4, 0.5) is 0 Å². The van der Waals surface area contributed by atoms with Crippen molar-refractivity contribution in [2.45, 2.75) is 11.4 Å². The van der Waals surface area contributed by atoms with Gasteiger partial charge in [0.05, 0.1) is 18.1 Å². The van der Waals surface area contributed by atoms with E-state index in [2.05, 4.69) is 5.32 Å². The smallest absolute Gasteiger partial charge is 0.287 e. The first kappa shape index (κ1) is 17.9. The summed E-state index contributed by atoms with van der Waals surface area (Å²) in [6.07, 6.45) is 0. The molecule has 1 amide bonds. The second kappa shape index (κ2) is 7.57. The number of nitrogens with one attached hydrogen (secondary N) is 1. The van der Waals surface area contributed by atoms with Crippen LogP contribution in [0.1, 0.15) is 16.1 Å². The number of amides is 1. The third-order valence-corrected chi connectivity index (χ3v) is 6.00. The van der Waals surface area contributed by atoms with Crippen molar-refractivity contribution in [2.24, 2.45) is 0 Å². The number of ether oxygens (including phenoxy) is 1. The second-order valence-electron chi connectivity index (χ2n) is 5.41. The average Bonchev–Trinajstić information content (AvgIpc) is 3.07. The SMILES string of the molecule is O=C(NCc1ccccc1S(=O)(=O)N1CCOCC1)c1ccc(Cl)o1. The predicted octanol–water partition coefficient (Wildman–Crippen LogP) is 1.88. The van der Waals surface area contributed by atoms with Gasteiger partial charge in [0.1, 0.15) is 0 Å².